The van der Waals surface area contributed by atoms with Crippen molar-refractivity contribution in [2.24, 2.45) is 5.73 Å². The molecule has 0 aliphatic carbocycles. The van der Waals surface area contributed by atoms with Crippen LogP contribution in [0.1, 0.15) is 65.7 Å². The van der Waals surface area contributed by atoms with E-state index >= 15 is 0 Å². The van der Waals surface area contributed by atoms with Gasteiger partial charge in [0.15, 0.2) is 0 Å². The van der Waals surface area contributed by atoms with Gasteiger partial charge >= 0.3 is 0 Å². The molecule has 0 heterocycles. The van der Waals surface area contributed by atoms with Crippen LogP contribution in [-0.2, 0) is 0 Å². The topological polar surface area (TPSA) is 26.0 Å². The van der Waals surface area contributed by atoms with Crippen molar-refractivity contribution in [2.45, 2.75) is 65.7 Å². The molecule has 2 N–H and O–H groups in total. The van der Waals surface area contributed by atoms with Gasteiger partial charge in [0, 0.05) is 5.70 Å². The second-order valence-corrected chi connectivity index (χ2v) is 3.69. The van der Waals surface area contributed by atoms with E-state index in [1.807, 2.05) is 0 Å². The second-order valence-electron chi connectivity index (χ2n) is 3.69. The largest absolute Gasteiger partial charge is 0.402 e. The van der Waals surface area contributed by atoms with Crippen molar-refractivity contribution in [3.63, 3.8) is 0 Å². The number of unbranched alkanes of at least 4 members (excludes halogenated alkanes) is 2. The lowest BCUT2D eigenvalue weighted by molar-refractivity contribution is 0.722. The molecule has 13 heavy (non-hydrogen) atoms. The normalized spacial score (nSPS) is 12.8. The summed E-state index contributed by atoms with van der Waals surface area (Å²) in [5.74, 6) is 0. The number of allylic oxidation sites excluding steroid dienone is 2. The lowest BCUT2D eigenvalue weighted by Crippen LogP contribution is -2.02. The molecule has 0 unspecified atom stereocenters. The summed E-state index contributed by atoms with van der Waals surface area (Å²) in [6.45, 7) is 6.66. The Kier molecular flexibility index (Phi) is 7.86. The van der Waals surface area contributed by atoms with Gasteiger partial charge in [-0.25, -0.2) is 0 Å². The molecular weight excluding hydrogens is 158 g/mol. The molecule has 0 fully saturated rings. The average molecular weight is 183 g/mol. The molecule has 0 saturated heterocycles. The van der Waals surface area contributed by atoms with Gasteiger partial charge in [-0.15, -0.1) is 0 Å². The Balaban J connectivity index is 3.97. The van der Waals surface area contributed by atoms with Gasteiger partial charge in [0.1, 0.15) is 0 Å². The Hall–Kier alpha value is -0.460. The first kappa shape index (κ1) is 12.5. The van der Waals surface area contributed by atoms with Gasteiger partial charge in [0.25, 0.3) is 0 Å². The fraction of sp³-hybridized carbons (Fsp3) is 0.833. The maximum absolute atomic E-state index is 6.03. The van der Waals surface area contributed by atoms with Gasteiger partial charge in [-0.1, -0.05) is 39.2 Å². The van der Waals surface area contributed by atoms with E-state index in [1.54, 1.807) is 0 Å². The van der Waals surface area contributed by atoms with Crippen LogP contribution in [0.5, 0.6) is 0 Å². The van der Waals surface area contributed by atoms with Gasteiger partial charge in [-0.3, -0.25) is 0 Å². The zero-order valence-electron chi connectivity index (χ0n) is 9.53. The standard InChI is InChI=1S/C12H25N/c1-4-7-9-11(6-3)12(13)10-8-5-2/h4-10,13H2,1-3H3. The van der Waals surface area contributed by atoms with Crippen LogP contribution in [0.3, 0.4) is 0 Å². The van der Waals surface area contributed by atoms with Gasteiger partial charge in [0.05, 0.1) is 0 Å². The predicted octanol–water partition coefficient (Wildman–Crippen LogP) is 3.99. The fourth-order valence-corrected chi connectivity index (χ4v) is 1.50. The third-order valence-electron chi connectivity index (χ3n) is 2.51. The summed E-state index contributed by atoms with van der Waals surface area (Å²) in [5, 5.41) is 0. The molecule has 0 aromatic rings. The van der Waals surface area contributed by atoms with Crippen molar-refractivity contribution in [3.8, 4) is 0 Å². The molecule has 0 aromatic carbocycles. The van der Waals surface area contributed by atoms with Crippen molar-refractivity contribution < 1.29 is 0 Å². The zero-order chi connectivity index (χ0) is 10.1. The molecule has 0 aliphatic rings. The van der Waals surface area contributed by atoms with Gasteiger partial charge in [-0.2, -0.15) is 0 Å². The number of rotatable bonds is 7. The molecule has 0 bridgehead atoms. The smallest absolute Gasteiger partial charge is 0.00722 e. The first-order chi connectivity index (χ1) is 6.26. The Morgan fingerprint density at radius 3 is 1.92 bits per heavy atom. The molecule has 1 nitrogen and oxygen atoms in total. The average Bonchev–Trinajstić information content (AvgIpc) is 2.16. The van der Waals surface area contributed by atoms with E-state index in [0.29, 0.717) is 0 Å². The van der Waals surface area contributed by atoms with E-state index in [9.17, 15) is 0 Å². The lowest BCUT2D eigenvalue weighted by atomic mass is 10.0. The number of hydrogen-bond donors (Lipinski definition) is 1. The van der Waals surface area contributed by atoms with Crippen LogP contribution in [-0.4, -0.2) is 0 Å². The Bertz CT molecular complexity index is 147. The summed E-state index contributed by atoms with van der Waals surface area (Å²) in [6.07, 6.45) is 8.48. The molecule has 78 valence electrons. The molecule has 0 spiro atoms. The Morgan fingerprint density at radius 2 is 1.46 bits per heavy atom. The Morgan fingerprint density at radius 1 is 0.923 bits per heavy atom. The van der Waals surface area contributed by atoms with Crippen LogP contribution in [0.15, 0.2) is 11.3 Å². The maximum atomic E-state index is 6.03. The van der Waals surface area contributed by atoms with E-state index in [2.05, 4.69) is 20.8 Å². The lowest BCUT2D eigenvalue weighted by Gasteiger charge is -2.09. The van der Waals surface area contributed by atoms with E-state index in [-0.39, 0.29) is 0 Å². The summed E-state index contributed by atoms with van der Waals surface area (Å²) >= 11 is 0. The molecule has 0 atom stereocenters. The van der Waals surface area contributed by atoms with Gasteiger partial charge in [-0.05, 0) is 32.1 Å². The van der Waals surface area contributed by atoms with Crippen molar-refractivity contribution in [1.82, 2.24) is 0 Å². The number of hydrogen-bond acceptors (Lipinski definition) is 1. The van der Waals surface area contributed by atoms with E-state index in [4.69, 9.17) is 5.73 Å². The SMILES string of the molecule is CCCCC(N)=C(CC)CCCC. The van der Waals surface area contributed by atoms with Gasteiger partial charge in [0.2, 0.25) is 0 Å². The molecule has 0 aliphatic heterocycles. The predicted molar refractivity (Wildman–Crippen MR) is 60.6 cm³/mol. The molecule has 0 rings (SSSR count). The zero-order valence-corrected chi connectivity index (χ0v) is 9.53. The highest BCUT2D eigenvalue weighted by molar-refractivity contribution is 5.10. The van der Waals surface area contributed by atoms with E-state index in [0.717, 1.165) is 18.5 Å². The molecule has 0 amide bonds. The molecule has 1 heteroatoms. The first-order valence-electron chi connectivity index (χ1n) is 5.72. The van der Waals surface area contributed by atoms with Crippen LogP contribution in [0, 0.1) is 0 Å². The number of nitrogens with two attached hydrogens (primary N) is 1. The highest BCUT2D eigenvalue weighted by atomic mass is 14.6. The van der Waals surface area contributed by atoms with Crippen LogP contribution in [0.25, 0.3) is 0 Å². The van der Waals surface area contributed by atoms with Gasteiger partial charge < -0.3 is 5.73 Å². The first-order valence-corrected chi connectivity index (χ1v) is 5.72. The molecule has 0 radical (unpaired) electrons. The van der Waals surface area contributed by atoms with Crippen LogP contribution in [0.4, 0.5) is 0 Å². The fourth-order valence-electron chi connectivity index (χ4n) is 1.50. The monoisotopic (exact) mass is 183 g/mol. The van der Waals surface area contributed by atoms with Crippen molar-refractivity contribution in [3.05, 3.63) is 11.3 Å². The summed E-state index contributed by atoms with van der Waals surface area (Å²) in [4.78, 5) is 0. The molecule has 0 aromatic heterocycles. The van der Waals surface area contributed by atoms with Crippen LogP contribution < -0.4 is 5.73 Å². The third kappa shape index (κ3) is 5.73. The van der Waals surface area contributed by atoms with E-state index in [1.165, 1.54) is 37.7 Å². The maximum Gasteiger partial charge on any atom is 0.00722 e. The molecule has 0 saturated carbocycles. The van der Waals surface area contributed by atoms with Crippen LogP contribution in [0.2, 0.25) is 0 Å². The minimum Gasteiger partial charge on any atom is -0.402 e. The highest BCUT2D eigenvalue weighted by Crippen LogP contribution is 2.16. The quantitative estimate of drug-likeness (QED) is 0.634. The van der Waals surface area contributed by atoms with Crippen LogP contribution >= 0.6 is 0 Å². The Labute approximate surface area is 83.4 Å². The minimum atomic E-state index is 1.10. The van der Waals surface area contributed by atoms with Crippen molar-refractivity contribution >= 4 is 0 Å². The van der Waals surface area contributed by atoms with E-state index < -0.39 is 0 Å². The third-order valence-corrected chi connectivity index (χ3v) is 2.51. The summed E-state index contributed by atoms with van der Waals surface area (Å²) < 4.78 is 0. The second kappa shape index (κ2) is 8.15. The van der Waals surface area contributed by atoms with Crippen molar-refractivity contribution in [1.29, 1.82) is 0 Å². The summed E-state index contributed by atoms with van der Waals surface area (Å²) in [5.41, 5.74) is 8.70. The molecular formula is C12H25N. The summed E-state index contributed by atoms with van der Waals surface area (Å²) in [7, 11) is 0. The summed E-state index contributed by atoms with van der Waals surface area (Å²) in [6, 6.07) is 0. The van der Waals surface area contributed by atoms with Crippen molar-refractivity contribution in [2.75, 3.05) is 0 Å². The highest BCUT2D eigenvalue weighted by Gasteiger charge is 2.00. The minimum absolute atomic E-state index is 1.10.